The summed E-state index contributed by atoms with van der Waals surface area (Å²) < 4.78 is 5.60. The summed E-state index contributed by atoms with van der Waals surface area (Å²) in [5.74, 6) is -0.455. The van der Waals surface area contributed by atoms with E-state index in [2.05, 4.69) is 38.3 Å². The molecule has 1 spiro atoms. The first-order valence-corrected chi connectivity index (χ1v) is 15.6. The fourth-order valence-corrected chi connectivity index (χ4v) is 6.48. The van der Waals surface area contributed by atoms with Gasteiger partial charge in [0.2, 0.25) is 23.6 Å². The second-order valence-electron chi connectivity index (χ2n) is 12.2. The van der Waals surface area contributed by atoms with Crippen molar-refractivity contribution in [1.29, 1.82) is 0 Å². The Morgan fingerprint density at radius 3 is 2.48 bits per heavy atom. The Balaban J connectivity index is 1.29. The van der Waals surface area contributed by atoms with Gasteiger partial charge in [0.05, 0.1) is 12.0 Å². The fraction of sp³-hybridized carbons (Fsp3) is 0.471. The average molecular weight is 602 g/mol. The number of rotatable bonds is 6. The number of hydrogen-bond donors (Lipinski definition) is 4. The van der Waals surface area contributed by atoms with Crippen molar-refractivity contribution in [1.82, 2.24) is 15.5 Å². The minimum atomic E-state index is -0.689. The highest BCUT2D eigenvalue weighted by molar-refractivity contribution is 5.94. The molecular weight excluding hydrogens is 558 g/mol. The summed E-state index contributed by atoms with van der Waals surface area (Å²) in [7, 11) is 0. The molecule has 0 aliphatic carbocycles. The van der Waals surface area contributed by atoms with Crippen LogP contribution in [-0.4, -0.2) is 73.5 Å². The Kier molecular flexibility index (Phi) is 10.4. The summed E-state index contributed by atoms with van der Waals surface area (Å²) in [5, 5.41) is 12.1. The molecule has 0 saturated carbocycles. The molecule has 3 heterocycles. The standard InChI is InChI=1S/C34H43N5O5/c1-24(40)35-27-11-7-12-28(21-27)36-31(41)23-39-17-13-29-26(22-39)10-5-6-14-34(15-18-44-19-16-34)33(43)38-30(32(42)37-29)20-25-8-3-2-4-9-25/h2-9,11-12,21,26,29-30H,10,13-20,22-23H2,1H3,(H,35,40)(H,36,41)(H,37,42)(H,38,43)/b6-5+/t26-,29+,30+/m0/s1. The Morgan fingerprint density at radius 1 is 0.977 bits per heavy atom. The van der Waals surface area contributed by atoms with Crippen molar-refractivity contribution in [3.63, 3.8) is 0 Å². The largest absolute Gasteiger partial charge is 0.381 e. The van der Waals surface area contributed by atoms with Crippen LogP contribution in [0.3, 0.4) is 0 Å². The highest BCUT2D eigenvalue weighted by atomic mass is 16.5. The summed E-state index contributed by atoms with van der Waals surface area (Å²) in [4.78, 5) is 54.0. The monoisotopic (exact) mass is 601 g/mol. The van der Waals surface area contributed by atoms with Crippen LogP contribution in [-0.2, 0) is 30.3 Å². The number of nitrogens with one attached hydrogen (secondary N) is 4. The minimum Gasteiger partial charge on any atom is -0.381 e. The first-order chi connectivity index (χ1) is 21.3. The van der Waals surface area contributed by atoms with Crippen LogP contribution in [0.4, 0.5) is 11.4 Å². The quantitative estimate of drug-likeness (QED) is 0.377. The van der Waals surface area contributed by atoms with Crippen molar-refractivity contribution in [2.24, 2.45) is 11.3 Å². The van der Waals surface area contributed by atoms with Crippen LogP contribution in [0.2, 0.25) is 0 Å². The predicted molar refractivity (Wildman–Crippen MR) is 169 cm³/mol. The van der Waals surface area contributed by atoms with Gasteiger partial charge in [-0.05, 0) is 61.8 Å². The zero-order chi connectivity index (χ0) is 30.9. The molecule has 2 saturated heterocycles. The first kappa shape index (κ1) is 31.4. The van der Waals surface area contributed by atoms with Crippen LogP contribution < -0.4 is 21.3 Å². The normalized spacial score (nSPS) is 24.9. The maximum atomic E-state index is 13.8. The van der Waals surface area contributed by atoms with Crippen LogP contribution in [0.15, 0.2) is 66.7 Å². The van der Waals surface area contributed by atoms with Gasteiger partial charge in [-0.15, -0.1) is 0 Å². The van der Waals surface area contributed by atoms with Gasteiger partial charge in [0.15, 0.2) is 0 Å². The molecule has 0 bridgehead atoms. The molecule has 0 unspecified atom stereocenters. The van der Waals surface area contributed by atoms with E-state index in [1.54, 1.807) is 24.3 Å². The molecule has 3 aliphatic heterocycles. The molecule has 3 atom stereocenters. The number of piperidine rings is 1. The minimum absolute atomic E-state index is 0.0764. The van der Waals surface area contributed by atoms with Gasteiger partial charge in [0, 0.05) is 57.1 Å². The van der Waals surface area contributed by atoms with E-state index in [-0.39, 0.29) is 42.1 Å². The second kappa shape index (κ2) is 14.6. The third kappa shape index (κ3) is 8.33. The number of anilines is 2. The maximum absolute atomic E-state index is 13.8. The van der Waals surface area contributed by atoms with Crippen molar-refractivity contribution >= 4 is 35.0 Å². The van der Waals surface area contributed by atoms with Crippen molar-refractivity contribution in [3.05, 3.63) is 72.3 Å². The maximum Gasteiger partial charge on any atom is 0.243 e. The molecule has 4 amide bonds. The number of amides is 4. The average Bonchev–Trinajstić information content (AvgIpc) is 3.00. The number of likely N-dealkylation sites (tertiary alicyclic amines) is 1. The van der Waals surface area contributed by atoms with E-state index in [0.29, 0.717) is 69.8 Å². The molecule has 10 nitrogen and oxygen atoms in total. The van der Waals surface area contributed by atoms with Crippen LogP contribution in [0.25, 0.3) is 0 Å². The van der Waals surface area contributed by atoms with Crippen molar-refractivity contribution in [2.75, 3.05) is 43.5 Å². The molecule has 0 aromatic heterocycles. The second-order valence-corrected chi connectivity index (χ2v) is 12.2. The summed E-state index contributed by atoms with van der Waals surface area (Å²) in [6.45, 7) is 4.03. The Morgan fingerprint density at radius 2 is 1.73 bits per heavy atom. The molecule has 2 fully saturated rings. The molecule has 4 N–H and O–H groups in total. The van der Waals surface area contributed by atoms with Gasteiger partial charge in [-0.25, -0.2) is 0 Å². The van der Waals surface area contributed by atoms with E-state index >= 15 is 0 Å². The van der Waals surface area contributed by atoms with Gasteiger partial charge in [0.25, 0.3) is 0 Å². The molecule has 234 valence electrons. The Bertz CT molecular complexity index is 1360. The van der Waals surface area contributed by atoms with Gasteiger partial charge in [0.1, 0.15) is 6.04 Å². The predicted octanol–water partition coefficient (Wildman–Crippen LogP) is 3.26. The smallest absolute Gasteiger partial charge is 0.243 e. The lowest BCUT2D eigenvalue weighted by atomic mass is 9.75. The number of nitrogens with zero attached hydrogens (tertiary/aromatic N) is 1. The number of fused-ring (bicyclic) bond motifs is 1. The highest BCUT2D eigenvalue weighted by Gasteiger charge is 2.41. The Hall–Kier alpha value is -4.02. The number of carbonyl (C=O) groups excluding carboxylic acids is 4. The van der Waals surface area contributed by atoms with Crippen LogP contribution in [0.5, 0.6) is 0 Å². The lowest BCUT2D eigenvalue weighted by Crippen LogP contribution is -2.58. The number of ether oxygens (including phenoxy) is 1. The molecule has 5 rings (SSSR count). The number of carbonyl (C=O) groups is 4. The van der Waals surface area contributed by atoms with E-state index in [0.717, 1.165) is 12.0 Å². The van der Waals surface area contributed by atoms with E-state index in [4.69, 9.17) is 4.74 Å². The zero-order valence-electron chi connectivity index (χ0n) is 25.3. The topological polar surface area (TPSA) is 129 Å². The highest BCUT2D eigenvalue weighted by Crippen LogP contribution is 2.36. The summed E-state index contributed by atoms with van der Waals surface area (Å²) in [5.41, 5.74) is 1.62. The van der Waals surface area contributed by atoms with Gasteiger partial charge in [-0.3, -0.25) is 24.1 Å². The van der Waals surface area contributed by atoms with Crippen LogP contribution in [0, 0.1) is 11.3 Å². The Labute approximate surface area is 259 Å². The summed E-state index contributed by atoms with van der Waals surface area (Å²) in [6, 6.07) is 16.1. The SMILES string of the molecule is CC(=O)Nc1cccc(NC(=O)CN2CC[C@H]3NC(=O)[C@@H](Cc4ccccc4)NC(=O)C4(C/C=C/C[C@H]3C2)CCOCC4)c1. The van der Waals surface area contributed by atoms with E-state index in [1.165, 1.54) is 6.92 Å². The number of benzene rings is 2. The molecule has 10 heteroatoms. The zero-order valence-corrected chi connectivity index (χ0v) is 25.3. The number of allylic oxidation sites excluding steroid dienone is 2. The van der Waals surface area contributed by atoms with Gasteiger partial charge in [-0.2, -0.15) is 0 Å². The summed E-state index contributed by atoms with van der Waals surface area (Å²) in [6.07, 6.45) is 7.93. The molecule has 2 aromatic rings. The van der Waals surface area contributed by atoms with E-state index in [9.17, 15) is 19.2 Å². The lowest BCUT2D eigenvalue weighted by Gasteiger charge is -2.40. The van der Waals surface area contributed by atoms with Crippen molar-refractivity contribution < 1.29 is 23.9 Å². The van der Waals surface area contributed by atoms with Crippen LogP contribution in [0.1, 0.15) is 44.6 Å². The molecule has 3 aliphatic rings. The third-order valence-electron chi connectivity index (χ3n) is 8.93. The molecule has 0 radical (unpaired) electrons. The van der Waals surface area contributed by atoms with Gasteiger partial charge < -0.3 is 26.0 Å². The fourth-order valence-electron chi connectivity index (χ4n) is 6.48. The van der Waals surface area contributed by atoms with Crippen LogP contribution >= 0.6 is 0 Å². The van der Waals surface area contributed by atoms with E-state index in [1.807, 2.05) is 30.3 Å². The molecular formula is C34H43N5O5. The number of hydrogen-bond acceptors (Lipinski definition) is 6. The van der Waals surface area contributed by atoms with Crippen molar-refractivity contribution in [2.45, 2.75) is 57.5 Å². The lowest BCUT2D eigenvalue weighted by molar-refractivity contribution is -0.140. The van der Waals surface area contributed by atoms with E-state index < -0.39 is 11.5 Å². The first-order valence-electron chi connectivity index (χ1n) is 15.6. The van der Waals surface area contributed by atoms with Crippen molar-refractivity contribution in [3.8, 4) is 0 Å². The summed E-state index contributed by atoms with van der Waals surface area (Å²) >= 11 is 0. The third-order valence-corrected chi connectivity index (χ3v) is 8.93. The van der Waals surface area contributed by atoms with Gasteiger partial charge in [-0.1, -0.05) is 48.6 Å². The molecule has 2 aromatic carbocycles. The molecule has 44 heavy (non-hydrogen) atoms. The van der Waals surface area contributed by atoms with Gasteiger partial charge >= 0.3 is 0 Å².